The predicted molar refractivity (Wildman–Crippen MR) is 161 cm³/mol. The summed E-state index contributed by atoms with van der Waals surface area (Å²) < 4.78 is 34.4. The molecule has 2 atom stereocenters. The van der Waals surface area contributed by atoms with E-state index in [9.17, 15) is 18.0 Å². The number of carbonyl (C=O) groups excluding carboxylic acids is 2. The summed E-state index contributed by atoms with van der Waals surface area (Å²) in [5.74, 6) is -0.342. The van der Waals surface area contributed by atoms with Crippen molar-refractivity contribution in [3.63, 3.8) is 0 Å². The first-order valence-electron chi connectivity index (χ1n) is 14.1. The van der Waals surface area contributed by atoms with Crippen LogP contribution in [-0.4, -0.2) is 42.2 Å². The molecule has 3 aromatic rings. The number of ketones is 1. The van der Waals surface area contributed by atoms with E-state index in [-0.39, 0.29) is 22.5 Å². The lowest BCUT2D eigenvalue weighted by Gasteiger charge is -2.37. The second kappa shape index (κ2) is 13.9. The van der Waals surface area contributed by atoms with Gasteiger partial charge in [-0.05, 0) is 49.8 Å². The highest BCUT2D eigenvalue weighted by Crippen LogP contribution is 2.31. The van der Waals surface area contributed by atoms with Crippen LogP contribution in [0, 0.1) is 19.8 Å². The van der Waals surface area contributed by atoms with E-state index in [1.807, 2.05) is 56.9 Å². The Kier molecular flexibility index (Phi) is 10.9. The zero-order chi connectivity index (χ0) is 30.3. The highest BCUT2D eigenvalue weighted by Gasteiger charge is 2.35. The van der Waals surface area contributed by atoms with Gasteiger partial charge in [-0.25, -0.2) is 13.1 Å². The van der Waals surface area contributed by atoms with Crippen LogP contribution in [0.5, 0.6) is 0 Å². The molecule has 0 radical (unpaired) electrons. The van der Waals surface area contributed by atoms with Gasteiger partial charge in [0, 0.05) is 24.1 Å². The van der Waals surface area contributed by atoms with Crippen molar-refractivity contribution in [2.45, 2.75) is 90.7 Å². The van der Waals surface area contributed by atoms with Crippen molar-refractivity contribution in [1.29, 1.82) is 0 Å². The van der Waals surface area contributed by atoms with Crippen LogP contribution in [0.15, 0.2) is 57.9 Å². The first-order chi connectivity index (χ1) is 19.4. The molecule has 10 heteroatoms. The van der Waals surface area contributed by atoms with Gasteiger partial charge in [0.05, 0.1) is 22.7 Å². The van der Waals surface area contributed by atoms with Crippen molar-refractivity contribution in [1.82, 2.24) is 10.1 Å². The number of benzene rings is 2. The first-order valence-corrected chi connectivity index (χ1v) is 15.6. The minimum absolute atomic E-state index is 0.0823. The van der Waals surface area contributed by atoms with Crippen LogP contribution in [0.1, 0.15) is 70.2 Å². The molecule has 0 aliphatic carbocycles. The highest BCUT2D eigenvalue weighted by atomic mass is 32.2. The topological polar surface area (TPSA) is 136 Å². The van der Waals surface area contributed by atoms with Crippen LogP contribution in [0.4, 0.5) is 5.88 Å². The van der Waals surface area contributed by atoms with Crippen LogP contribution in [0.3, 0.4) is 0 Å². The fourth-order valence-electron chi connectivity index (χ4n) is 5.07. The van der Waals surface area contributed by atoms with E-state index in [2.05, 4.69) is 9.88 Å². The largest absolute Gasteiger partial charge is 0.368 e. The van der Waals surface area contributed by atoms with Crippen molar-refractivity contribution in [2.24, 2.45) is 11.7 Å². The van der Waals surface area contributed by atoms with E-state index in [0.29, 0.717) is 41.8 Å². The van der Waals surface area contributed by atoms with Gasteiger partial charge in [0.25, 0.3) is 10.0 Å². The van der Waals surface area contributed by atoms with Gasteiger partial charge < -0.3 is 10.3 Å². The molecule has 0 spiro atoms. The number of sulfonamides is 1. The Morgan fingerprint density at radius 2 is 1.71 bits per heavy atom. The predicted octanol–water partition coefficient (Wildman–Crippen LogP) is 5.61. The number of unbranched alkanes of at least 4 members (excludes halogenated alkanes) is 1. The third kappa shape index (κ3) is 7.62. The van der Waals surface area contributed by atoms with E-state index >= 15 is 0 Å². The molecule has 3 N–H and O–H groups in total. The standard InChI is InChI=1S/C31H42N4O5S/c1-7-9-13-27(36)26(8-2)35(29(20(3)4)30(32)37)19-23-15-17-24(18-16-23)25-12-10-11-14-28(25)41(38,39)34-31-21(5)22(6)33-40-31/h10-12,14-18,20,26,29,34H,7-9,13,19H2,1-6H3,(H2,32,37)/t26?,29-/m0/s1. The number of nitrogens with two attached hydrogens (primary N) is 1. The summed E-state index contributed by atoms with van der Waals surface area (Å²) in [7, 11) is -3.97. The fraction of sp³-hybridized carbons (Fsp3) is 0.452. The second-order valence-corrected chi connectivity index (χ2v) is 12.4. The molecule has 1 heterocycles. The average molecular weight is 583 g/mol. The Hall–Kier alpha value is -3.50. The number of amides is 1. The van der Waals surface area contributed by atoms with Crippen molar-refractivity contribution in [3.8, 4) is 11.1 Å². The molecule has 1 unspecified atom stereocenters. The summed E-state index contributed by atoms with van der Waals surface area (Å²) in [4.78, 5) is 27.8. The second-order valence-electron chi connectivity index (χ2n) is 10.8. The lowest BCUT2D eigenvalue weighted by atomic mass is 9.94. The summed E-state index contributed by atoms with van der Waals surface area (Å²) in [5.41, 5.74) is 9.18. The van der Waals surface area contributed by atoms with Gasteiger partial charge in [-0.3, -0.25) is 14.5 Å². The molecule has 0 aliphatic rings. The highest BCUT2D eigenvalue weighted by molar-refractivity contribution is 7.92. The van der Waals surface area contributed by atoms with Gasteiger partial charge in [0.15, 0.2) is 0 Å². The van der Waals surface area contributed by atoms with E-state index in [1.54, 1.807) is 38.1 Å². The Morgan fingerprint density at radius 1 is 1.05 bits per heavy atom. The number of hydrogen-bond donors (Lipinski definition) is 2. The Bertz CT molecular complexity index is 1450. The summed E-state index contributed by atoms with van der Waals surface area (Å²) in [6, 6.07) is 13.2. The lowest BCUT2D eigenvalue weighted by Crippen LogP contribution is -2.54. The molecule has 1 aromatic heterocycles. The number of nitrogens with one attached hydrogen (secondary N) is 1. The van der Waals surface area contributed by atoms with Crippen molar-refractivity contribution < 1.29 is 22.5 Å². The van der Waals surface area contributed by atoms with Crippen molar-refractivity contribution in [2.75, 3.05) is 4.72 Å². The molecule has 9 nitrogen and oxygen atoms in total. The summed E-state index contributed by atoms with van der Waals surface area (Å²) >= 11 is 0. The number of aromatic nitrogens is 1. The van der Waals surface area contributed by atoms with Gasteiger partial charge in [-0.1, -0.05) is 81.7 Å². The number of primary amides is 1. The van der Waals surface area contributed by atoms with Crippen molar-refractivity contribution >= 4 is 27.6 Å². The lowest BCUT2D eigenvalue weighted by molar-refractivity contribution is -0.132. The van der Waals surface area contributed by atoms with E-state index in [1.165, 1.54) is 0 Å². The molecular weight excluding hydrogens is 540 g/mol. The van der Waals surface area contributed by atoms with Crippen LogP contribution < -0.4 is 10.5 Å². The number of aryl methyl sites for hydroxylation is 1. The number of carbonyl (C=O) groups is 2. The molecule has 0 bridgehead atoms. The Labute approximate surface area is 243 Å². The monoisotopic (exact) mass is 582 g/mol. The van der Waals surface area contributed by atoms with Crippen LogP contribution in [-0.2, 0) is 26.2 Å². The van der Waals surface area contributed by atoms with Gasteiger partial charge in [-0.15, -0.1) is 0 Å². The zero-order valence-electron chi connectivity index (χ0n) is 24.8. The molecule has 0 saturated carbocycles. The van der Waals surface area contributed by atoms with E-state index in [4.69, 9.17) is 10.3 Å². The molecular formula is C31H42N4O5S. The van der Waals surface area contributed by atoms with Gasteiger partial charge in [0.1, 0.15) is 5.78 Å². The zero-order valence-corrected chi connectivity index (χ0v) is 25.6. The quantitative estimate of drug-likeness (QED) is 0.238. The molecule has 222 valence electrons. The van der Waals surface area contributed by atoms with Crippen LogP contribution in [0.2, 0.25) is 0 Å². The average Bonchev–Trinajstić information content (AvgIpc) is 3.24. The molecule has 3 rings (SSSR count). The van der Waals surface area contributed by atoms with Crippen molar-refractivity contribution in [3.05, 3.63) is 65.4 Å². The number of Topliss-reactive ketones (excluding diaryl/α,β-unsaturated/α-hetero) is 1. The van der Waals surface area contributed by atoms with Gasteiger partial charge in [-0.2, -0.15) is 0 Å². The molecule has 1 amide bonds. The van der Waals surface area contributed by atoms with Gasteiger partial charge >= 0.3 is 0 Å². The third-order valence-corrected chi connectivity index (χ3v) is 8.80. The maximum atomic E-state index is 13.3. The molecule has 0 aliphatic heterocycles. The summed E-state index contributed by atoms with van der Waals surface area (Å²) in [6.45, 7) is 11.7. The third-order valence-electron chi connectivity index (χ3n) is 7.41. The molecule has 2 aromatic carbocycles. The SMILES string of the molecule is CCCCC(=O)C(CC)N(Cc1ccc(-c2ccccc2S(=O)(=O)Nc2onc(C)c2C)cc1)[C@H](C(N)=O)C(C)C. The molecule has 0 saturated heterocycles. The number of nitrogens with zero attached hydrogens (tertiary/aromatic N) is 2. The fourth-order valence-corrected chi connectivity index (χ4v) is 6.35. The van der Waals surface area contributed by atoms with Crippen LogP contribution >= 0.6 is 0 Å². The first kappa shape index (κ1) is 32.0. The summed E-state index contributed by atoms with van der Waals surface area (Å²) in [6.07, 6.45) is 2.74. The normalized spacial score (nSPS) is 13.4. The number of anilines is 1. The molecule has 0 fully saturated rings. The Balaban J connectivity index is 1.94. The smallest absolute Gasteiger partial charge is 0.264 e. The number of rotatable bonds is 15. The number of hydrogen-bond acceptors (Lipinski definition) is 7. The van der Waals surface area contributed by atoms with E-state index < -0.39 is 28.0 Å². The Morgan fingerprint density at radius 3 is 2.24 bits per heavy atom. The molecule has 41 heavy (non-hydrogen) atoms. The summed E-state index contributed by atoms with van der Waals surface area (Å²) in [5, 5.41) is 3.83. The maximum absolute atomic E-state index is 13.3. The van der Waals surface area contributed by atoms with Gasteiger partial charge in [0.2, 0.25) is 11.8 Å². The van der Waals surface area contributed by atoms with E-state index in [0.717, 1.165) is 18.4 Å². The minimum Gasteiger partial charge on any atom is -0.368 e. The maximum Gasteiger partial charge on any atom is 0.264 e. The van der Waals surface area contributed by atoms with Crippen LogP contribution in [0.25, 0.3) is 11.1 Å². The minimum atomic E-state index is -3.97.